The molecule has 0 saturated heterocycles. The monoisotopic (exact) mass is 198 g/mol. The SMILES string of the molecule is C=COC1CCCCCCCCC1O. The van der Waals surface area contributed by atoms with Gasteiger partial charge in [-0.15, -0.1) is 0 Å². The fraction of sp³-hybridized carbons (Fsp3) is 0.833. The average molecular weight is 198 g/mol. The van der Waals surface area contributed by atoms with E-state index in [4.69, 9.17) is 4.74 Å². The topological polar surface area (TPSA) is 29.5 Å². The molecule has 2 nitrogen and oxygen atoms in total. The summed E-state index contributed by atoms with van der Waals surface area (Å²) < 4.78 is 5.34. The highest BCUT2D eigenvalue weighted by Gasteiger charge is 2.19. The fourth-order valence-electron chi connectivity index (χ4n) is 2.07. The maximum Gasteiger partial charge on any atom is 0.124 e. The Bertz CT molecular complexity index is 156. The molecule has 1 aliphatic carbocycles. The van der Waals surface area contributed by atoms with E-state index >= 15 is 0 Å². The first-order chi connectivity index (χ1) is 6.84. The molecule has 1 saturated carbocycles. The molecule has 0 aromatic rings. The molecule has 0 heterocycles. The summed E-state index contributed by atoms with van der Waals surface area (Å²) in [5.74, 6) is 0. The van der Waals surface area contributed by atoms with Crippen molar-refractivity contribution in [1.82, 2.24) is 0 Å². The van der Waals surface area contributed by atoms with Gasteiger partial charge in [0.05, 0.1) is 12.4 Å². The summed E-state index contributed by atoms with van der Waals surface area (Å²) in [6, 6.07) is 0. The van der Waals surface area contributed by atoms with Crippen LogP contribution in [0.5, 0.6) is 0 Å². The first-order valence-electron chi connectivity index (χ1n) is 5.79. The van der Waals surface area contributed by atoms with Crippen molar-refractivity contribution in [3.8, 4) is 0 Å². The third kappa shape index (κ3) is 4.14. The zero-order valence-electron chi connectivity index (χ0n) is 8.95. The van der Waals surface area contributed by atoms with E-state index in [1.54, 1.807) is 0 Å². The lowest BCUT2D eigenvalue weighted by atomic mass is 9.97. The van der Waals surface area contributed by atoms with Gasteiger partial charge in [0.25, 0.3) is 0 Å². The lowest BCUT2D eigenvalue weighted by Crippen LogP contribution is -2.27. The summed E-state index contributed by atoms with van der Waals surface area (Å²) >= 11 is 0. The van der Waals surface area contributed by atoms with Crippen LogP contribution in [0.2, 0.25) is 0 Å². The van der Waals surface area contributed by atoms with Crippen molar-refractivity contribution in [3.63, 3.8) is 0 Å². The van der Waals surface area contributed by atoms with Crippen molar-refractivity contribution < 1.29 is 9.84 Å². The van der Waals surface area contributed by atoms with E-state index in [-0.39, 0.29) is 12.2 Å². The second-order valence-electron chi connectivity index (χ2n) is 4.11. The number of aliphatic hydroxyl groups excluding tert-OH is 1. The van der Waals surface area contributed by atoms with Crippen LogP contribution in [-0.4, -0.2) is 17.3 Å². The van der Waals surface area contributed by atoms with Crippen molar-refractivity contribution in [2.45, 2.75) is 63.6 Å². The standard InChI is InChI=1S/C12H22O2/c1-2-14-12-10-8-6-4-3-5-7-9-11(12)13/h2,11-13H,1,3-10H2. The van der Waals surface area contributed by atoms with Crippen molar-refractivity contribution in [2.24, 2.45) is 0 Å². The molecule has 1 aliphatic rings. The summed E-state index contributed by atoms with van der Waals surface area (Å²) in [5.41, 5.74) is 0. The number of ether oxygens (including phenoxy) is 1. The molecule has 0 aliphatic heterocycles. The smallest absolute Gasteiger partial charge is 0.124 e. The number of aliphatic hydroxyl groups is 1. The predicted octanol–water partition coefficient (Wildman–Crippen LogP) is 3.01. The lowest BCUT2D eigenvalue weighted by molar-refractivity contribution is -0.00339. The molecule has 0 amide bonds. The molecule has 0 radical (unpaired) electrons. The van der Waals surface area contributed by atoms with Gasteiger partial charge in [-0.1, -0.05) is 38.7 Å². The molecule has 1 fully saturated rings. The first kappa shape index (κ1) is 11.6. The van der Waals surface area contributed by atoms with E-state index in [0.29, 0.717) is 0 Å². The highest BCUT2D eigenvalue weighted by Crippen LogP contribution is 2.19. The fourth-order valence-corrected chi connectivity index (χ4v) is 2.07. The summed E-state index contributed by atoms with van der Waals surface area (Å²) in [5, 5.41) is 9.85. The Morgan fingerprint density at radius 1 is 1.00 bits per heavy atom. The van der Waals surface area contributed by atoms with Gasteiger partial charge < -0.3 is 9.84 Å². The highest BCUT2D eigenvalue weighted by molar-refractivity contribution is 4.73. The maximum atomic E-state index is 9.85. The quantitative estimate of drug-likeness (QED) is 0.691. The number of hydrogen-bond acceptors (Lipinski definition) is 2. The van der Waals surface area contributed by atoms with Gasteiger partial charge in [-0.05, 0) is 19.3 Å². The molecule has 2 unspecified atom stereocenters. The summed E-state index contributed by atoms with van der Waals surface area (Å²) in [6.45, 7) is 3.55. The maximum absolute atomic E-state index is 9.85. The molecule has 0 aromatic heterocycles. The van der Waals surface area contributed by atoms with E-state index in [1.165, 1.54) is 31.9 Å². The van der Waals surface area contributed by atoms with E-state index in [9.17, 15) is 5.11 Å². The van der Waals surface area contributed by atoms with Gasteiger partial charge >= 0.3 is 0 Å². The van der Waals surface area contributed by atoms with Gasteiger partial charge in [-0.25, -0.2) is 0 Å². The van der Waals surface area contributed by atoms with Gasteiger partial charge in [-0.3, -0.25) is 0 Å². The van der Waals surface area contributed by atoms with Crippen LogP contribution >= 0.6 is 0 Å². The van der Waals surface area contributed by atoms with Crippen molar-refractivity contribution >= 4 is 0 Å². The average Bonchev–Trinajstić information content (AvgIpc) is 2.20. The van der Waals surface area contributed by atoms with Crippen LogP contribution < -0.4 is 0 Å². The molecule has 0 bridgehead atoms. The molecule has 82 valence electrons. The third-order valence-corrected chi connectivity index (χ3v) is 2.94. The summed E-state index contributed by atoms with van der Waals surface area (Å²) in [6.07, 6.45) is 10.4. The van der Waals surface area contributed by atoms with Crippen molar-refractivity contribution in [2.75, 3.05) is 0 Å². The first-order valence-corrected chi connectivity index (χ1v) is 5.79. The van der Waals surface area contributed by atoms with Crippen molar-refractivity contribution in [1.29, 1.82) is 0 Å². The molecule has 1 rings (SSSR count). The Balaban J connectivity index is 2.37. The lowest BCUT2D eigenvalue weighted by Gasteiger charge is -2.23. The minimum Gasteiger partial charge on any atom is -0.496 e. The normalized spacial score (nSPS) is 30.6. The molecular formula is C12H22O2. The van der Waals surface area contributed by atoms with Crippen LogP contribution in [0.1, 0.15) is 51.4 Å². The molecule has 2 atom stereocenters. The Morgan fingerprint density at radius 2 is 1.57 bits per heavy atom. The minimum atomic E-state index is -0.300. The van der Waals surface area contributed by atoms with Crippen LogP contribution in [-0.2, 0) is 4.74 Å². The Hall–Kier alpha value is -0.500. The van der Waals surface area contributed by atoms with E-state index in [1.807, 2.05) is 0 Å². The van der Waals surface area contributed by atoms with Gasteiger partial charge in [0.2, 0.25) is 0 Å². The molecule has 2 heteroatoms. The Kier molecular flexibility index (Phi) is 5.69. The van der Waals surface area contributed by atoms with Crippen molar-refractivity contribution in [3.05, 3.63) is 12.8 Å². The van der Waals surface area contributed by atoms with Crippen LogP contribution in [0.25, 0.3) is 0 Å². The zero-order valence-corrected chi connectivity index (χ0v) is 8.95. The molecule has 0 aromatic carbocycles. The molecular weight excluding hydrogens is 176 g/mol. The van der Waals surface area contributed by atoms with E-state index < -0.39 is 0 Å². The van der Waals surface area contributed by atoms with Gasteiger partial charge in [0.1, 0.15) is 6.10 Å². The van der Waals surface area contributed by atoms with Crippen LogP contribution in [0.4, 0.5) is 0 Å². The third-order valence-electron chi connectivity index (χ3n) is 2.94. The number of rotatable bonds is 2. The Morgan fingerprint density at radius 3 is 2.21 bits per heavy atom. The molecule has 0 spiro atoms. The predicted molar refractivity (Wildman–Crippen MR) is 58.0 cm³/mol. The molecule has 14 heavy (non-hydrogen) atoms. The highest BCUT2D eigenvalue weighted by atomic mass is 16.5. The summed E-state index contributed by atoms with van der Waals surface area (Å²) in [4.78, 5) is 0. The van der Waals surface area contributed by atoms with Gasteiger partial charge in [0.15, 0.2) is 0 Å². The van der Waals surface area contributed by atoms with Crippen LogP contribution in [0.3, 0.4) is 0 Å². The summed E-state index contributed by atoms with van der Waals surface area (Å²) in [7, 11) is 0. The van der Waals surface area contributed by atoms with Crippen LogP contribution in [0, 0.1) is 0 Å². The van der Waals surface area contributed by atoms with E-state index in [2.05, 4.69) is 6.58 Å². The molecule has 1 N–H and O–H groups in total. The second kappa shape index (κ2) is 6.88. The zero-order chi connectivity index (χ0) is 10.2. The van der Waals surface area contributed by atoms with Gasteiger partial charge in [-0.2, -0.15) is 0 Å². The Labute approximate surface area is 87.0 Å². The number of hydrogen-bond donors (Lipinski definition) is 1. The minimum absolute atomic E-state index is 0.0226. The van der Waals surface area contributed by atoms with Gasteiger partial charge in [0, 0.05) is 0 Å². The van der Waals surface area contributed by atoms with Crippen LogP contribution in [0.15, 0.2) is 12.8 Å². The largest absolute Gasteiger partial charge is 0.496 e. The van der Waals surface area contributed by atoms with E-state index in [0.717, 1.165) is 25.7 Å². The second-order valence-corrected chi connectivity index (χ2v) is 4.11.